The first-order valence-electron chi connectivity index (χ1n) is 5.24. The minimum atomic E-state index is -0.648. The molecule has 0 aliphatic heterocycles. The van der Waals surface area contributed by atoms with Crippen LogP contribution < -0.4 is 5.73 Å². The predicted octanol–water partition coefficient (Wildman–Crippen LogP) is 1.64. The van der Waals surface area contributed by atoms with Gasteiger partial charge in [0.1, 0.15) is 6.04 Å². The van der Waals surface area contributed by atoms with Crippen LogP contribution >= 0.6 is 0 Å². The highest BCUT2D eigenvalue weighted by Crippen LogP contribution is 2.29. The Morgan fingerprint density at radius 3 is 2.67 bits per heavy atom. The Morgan fingerprint density at radius 2 is 2.07 bits per heavy atom. The van der Waals surface area contributed by atoms with Crippen LogP contribution in [0, 0.1) is 5.92 Å². The van der Waals surface area contributed by atoms with Crippen molar-refractivity contribution in [2.45, 2.75) is 18.9 Å². The van der Waals surface area contributed by atoms with E-state index in [1.807, 2.05) is 30.3 Å². The van der Waals surface area contributed by atoms with Crippen molar-refractivity contribution < 1.29 is 9.53 Å². The van der Waals surface area contributed by atoms with Gasteiger partial charge in [0.05, 0.1) is 6.61 Å². The zero-order valence-corrected chi connectivity index (χ0v) is 8.56. The molecule has 0 heterocycles. The molecule has 1 aromatic carbocycles. The molecular weight excluding hydrogens is 190 g/mol. The molecule has 2 N–H and O–H groups in total. The summed E-state index contributed by atoms with van der Waals surface area (Å²) in [6.45, 7) is 0.527. The van der Waals surface area contributed by atoms with Gasteiger partial charge in [-0.25, -0.2) is 4.79 Å². The van der Waals surface area contributed by atoms with E-state index in [1.54, 1.807) is 0 Å². The van der Waals surface area contributed by atoms with Crippen LogP contribution in [0.5, 0.6) is 0 Å². The average Bonchev–Trinajstić information content (AvgIpc) is 3.10. The third-order valence-corrected chi connectivity index (χ3v) is 2.57. The summed E-state index contributed by atoms with van der Waals surface area (Å²) >= 11 is 0. The van der Waals surface area contributed by atoms with Crippen molar-refractivity contribution in [1.82, 2.24) is 0 Å². The lowest BCUT2D eigenvalue weighted by atomic mass is 10.1. The van der Waals surface area contributed by atoms with E-state index in [4.69, 9.17) is 10.5 Å². The van der Waals surface area contributed by atoms with Crippen molar-refractivity contribution >= 4 is 5.97 Å². The number of esters is 1. The molecule has 0 aromatic heterocycles. The Kier molecular flexibility index (Phi) is 3.02. The van der Waals surface area contributed by atoms with Gasteiger partial charge < -0.3 is 10.5 Å². The highest BCUT2D eigenvalue weighted by Gasteiger charge is 2.25. The second-order valence-electron chi connectivity index (χ2n) is 3.96. The number of ether oxygens (including phenoxy) is 1. The van der Waals surface area contributed by atoms with Gasteiger partial charge in [-0.1, -0.05) is 30.3 Å². The lowest BCUT2D eigenvalue weighted by Gasteiger charge is -2.11. The van der Waals surface area contributed by atoms with Gasteiger partial charge >= 0.3 is 5.97 Å². The maximum absolute atomic E-state index is 11.5. The van der Waals surface area contributed by atoms with Crippen LogP contribution in [0.2, 0.25) is 0 Å². The number of rotatable bonds is 4. The summed E-state index contributed by atoms with van der Waals surface area (Å²) in [6.07, 6.45) is 2.35. The molecule has 0 saturated heterocycles. The van der Waals surface area contributed by atoms with Gasteiger partial charge in [-0.15, -0.1) is 0 Å². The van der Waals surface area contributed by atoms with Crippen molar-refractivity contribution in [3.8, 4) is 0 Å². The van der Waals surface area contributed by atoms with E-state index in [0.29, 0.717) is 12.5 Å². The van der Waals surface area contributed by atoms with Gasteiger partial charge in [0, 0.05) is 0 Å². The smallest absolute Gasteiger partial charge is 0.327 e. The van der Waals surface area contributed by atoms with Gasteiger partial charge in [-0.3, -0.25) is 0 Å². The van der Waals surface area contributed by atoms with Crippen LogP contribution in [0.4, 0.5) is 0 Å². The van der Waals surface area contributed by atoms with Crippen molar-refractivity contribution in [3.63, 3.8) is 0 Å². The summed E-state index contributed by atoms with van der Waals surface area (Å²) in [5, 5.41) is 0. The van der Waals surface area contributed by atoms with E-state index in [1.165, 1.54) is 12.8 Å². The minimum absolute atomic E-state index is 0.326. The molecule has 1 atom stereocenters. The van der Waals surface area contributed by atoms with Crippen molar-refractivity contribution in [2.75, 3.05) is 6.61 Å². The Morgan fingerprint density at radius 1 is 1.40 bits per heavy atom. The van der Waals surface area contributed by atoms with E-state index in [-0.39, 0.29) is 5.97 Å². The molecule has 2 rings (SSSR count). The standard InChI is InChI=1S/C12H15NO2/c13-11(10-4-2-1-3-5-10)12(14)15-8-9-6-7-9/h1-5,9,11H,6-8,13H2/t11-/m1/s1. The van der Waals surface area contributed by atoms with E-state index in [2.05, 4.69) is 0 Å². The molecule has 0 spiro atoms. The molecule has 1 fully saturated rings. The molecular formula is C12H15NO2. The number of benzene rings is 1. The third kappa shape index (κ3) is 2.80. The number of carbonyl (C=O) groups is 1. The Labute approximate surface area is 89.2 Å². The van der Waals surface area contributed by atoms with Gasteiger partial charge in [-0.2, -0.15) is 0 Å². The normalized spacial score (nSPS) is 17.1. The van der Waals surface area contributed by atoms with Crippen LogP contribution in [0.3, 0.4) is 0 Å². The third-order valence-electron chi connectivity index (χ3n) is 2.57. The van der Waals surface area contributed by atoms with Crippen LogP contribution in [-0.2, 0) is 9.53 Å². The quantitative estimate of drug-likeness (QED) is 0.760. The summed E-state index contributed by atoms with van der Waals surface area (Å²) in [7, 11) is 0. The second-order valence-corrected chi connectivity index (χ2v) is 3.96. The summed E-state index contributed by atoms with van der Waals surface area (Å²) in [6, 6.07) is 8.65. The first-order valence-corrected chi connectivity index (χ1v) is 5.24. The number of nitrogens with two attached hydrogens (primary N) is 1. The maximum Gasteiger partial charge on any atom is 0.327 e. The monoisotopic (exact) mass is 205 g/mol. The van der Waals surface area contributed by atoms with E-state index in [0.717, 1.165) is 5.56 Å². The van der Waals surface area contributed by atoms with E-state index in [9.17, 15) is 4.79 Å². The molecule has 0 unspecified atom stereocenters. The minimum Gasteiger partial charge on any atom is -0.464 e. The second kappa shape index (κ2) is 4.45. The lowest BCUT2D eigenvalue weighted by molar-refractivity contribution is -0.145. The van der Waals surface area contributed by atoms with Crippen LogP contribution in [0.1, 0.15) is 24.4 Å². The largest absolute Gasteiger partial charge is 0.464 e. The Balaban J connectivity index is 1.88. The summed E-state index contributed by atoms with van der Waals surface area (Å²) in [4.78, 5) is 11.5. The maximum atomic E-state index is 11.5. The Hall–Kier alpha value is -1.35. The molecule has 80 valence electrons. The highest BCUT2D eigenvalue weighted by atomic mass is 16.5. The van der Waals surface area contributed by atoms with Gasteiger partial charge in [0.2, 0.25) is 0 Å². The fourth-order valence-corrected chi connectivity index (χ4v) is 1.37. The van der Waals surface area contributed by atoms with Crippen molar-refractivity contribution in [3.05, 3.63) is 35.9 Å². The Bertz CT molecular complexity index is 333. The van der Waals surface area contributed by atoms with Crippen molar-refractivity contribution in [1.29, 1.82) is 0 Å². The fourth-order valence-electron chi connectivity index (χ4n) is 1.37. The zero-order valence-electron chi connectivity index (χ0n) is 8.56. The molecule has 0 radical (unpaired) electrons. The SMILES string of the molecule is N[C@@H](C(=O)OCC1CC1)c1ccccc1. The molecule has 0 bridgehead atoms. The van der Waals surface area contributed by atoms with Crippen molar-refractivity contribution in [2.24, 2.45) is 11.7 Å². The lowest BCUT2D eigenvalue weighted by Crippen LogP contribution is -2.24. The first-order chi connectivity index (χ1) is 7.27. The van der Waals surface area contributed by atoms with E-state index < -0.39 is 6.04 Å². The van der Waals surface area contributed by atoms with Crippen LogP contribution in [-0.4, -0.2) is 12.6 Å². The molecule has 1 aliphatic rings. The topological polar surface area (TPSA) is 52.3 Å². The summed E-state index contributed by atoms with van der Waals surface area (Å²) in [5.41, 5.74) is 6.57. The number of carbonyl (C=O) groups excluding carboxylic acids is 1. The van der Waals surface area contributed by atoms with Gasteiger partial charge in [0.25, 0.3) is 0 Å². The van der Waals surface area contributed by atoms with Gasteiger partial charge in [0.15, 0.2) is 0 Å². The average molecular weight is 205 g/mol. The molecule has 0 amide bonds. The van der Waals surface area contributed by atoms with Gasteiger partial charge in [-0.05, 0) is 24.3 Å². The highest BCUT2D eigenvalue weighted by molar-refractivity contribution is 5.77. The number of hydrogen-bond donors (Lipinski definition) is 1. The van der Waals surface area contributed by atoms with Crippen LogP contribution in [0.15, 0.2) is 30.3 Å². The summed E-state index contributed by atoms with van der Waals surface area (Å²) in [5.74, 6) is 0.255. The first kappa shape index (κ1) is 10.2. The summed E-state index contributed by atoms with van der Waals surface area (Å²) < 4.78 is 5.12. The molecule has 1 aromatic rings. The van der Waals surface area contributed by atoms with E-state index >= 15 is 0 Å². The molecule has 1 aliphatic carbocycles. The zero-order chi connectivity index (χ0) is 10.7. The van der Waals surface area contributed by atoms with Crippen LogP contribution in [0.25, 0.3) is 0 Å². The predicted molar refractivity (Wildman–Crippen MR) is 57.1 cm³/mol. The molecule has 1 saturated carbocycles. The number of hydrogen-bond acceptors (Lipinski definition) is 3. The fraction of sp³-hybridized carbons (Fsp3) is 0.417. The molecule has 3 nitrogen and oxygen atoms in total. The molecule has 3 heteroatoms. The molecule has 15 heavy (non-hydrogen) atoms.